The Kier molecular flexibility index (Phi) is 7.15. The van der Waals surface area contributed by atoms with Gasteiger partial charge >= 0.3 is 0 Å². The second-order valence-corrected chi connectivity index (χ2v) is 10.2. The zero-order valence-electron chi connectivity index (χ0n) is 22.9. The van der Waals surface area contributed by atoms with Gasteiger partial charge in [0, 0.05) is 28.3 Å². The molecule has 0 bridgehead atoms. The molecule has 0 spiro atoms. The zero-order chi connectivity index (χ0) is 27.3. The molecule has 0 heterocycles. The summed E-state index contributed by atoms with van der Waals surface area (Å²) in [6, 6.07) is 51.6. The molecule has 0 atom stereocenters. The Morgan fingerprint density at radius 3 is 1.50 bits per heavy atom. The molecule has 0 aliphatic carbocycles. The average Bonchev–Trinajstić information content (AvgIpc) is 2.98. The second-order valence-electron chi connectivity index (χ2n) is 10.2. The van der Waals surface area contributed by atoms with Gasteiger partial charge in [0.1, 0.15) is 0 Å². The van der Waals surface area contributed by atoms with Crippen molar-refractivity contribution in [2.75, 3.05) is 10.6 Å². The van der Waals surface area contributed by atoms with Gasteiger partial charge in [0.15, 0.2) is 0 Å². The molecule has 194 valence electrons. The van der Waals surface area contributed by atoms with Crippen LogP contribution < -0.4 is 10.6 Å². The van der Waals surface area contributed by atoms with Crippen molar-refractivity contribution in [1.29, 1.82) is 0 Å². The first kappa shape index (κ1) is 25.2. The van der Waals surface area contributed by atoms with Gasteiger partial charge in [0.05, 0.1) is 0 Å². The Labute approximate surface area is 237 Å². The van der Waals surface area contributed by atoms with Crippen LogP contribution in [0.25, 0.3) is 33.4 Å². The number of nitrogens with one attached hydrogen (secondary N) is 2. The monoisotopic (exact) mass is 516 g/mol. The van der Waals surface area contributed by atoms with Crippen molar-refractivity contribution in [2.45, 2.75) is 13.8 Å². The van der Waals surface area contributed by atoms with Crippen LogP contribution in [0.4, 0.5) is 22.7 Å². The molecular formula is C38H32N2. The van der Waals surface area contributed by atoms with E-state index in [1.165, 1.54) is 44.5 Å². The van der Waals surface area contributed by atoms with E-state index in [0.29, 0.717) is 0 Å². The molecule has 2 heteroatoms. The third-order valence-electron chi connectivity index (χ3n) is 7.13. The molecule has 2 nitrogen and oxygen atoms in total. The lowest BCUT2D eigenvalue weighted by Gasteiger charge is -2.21. The van der Waals surface area contributed by atoms with Crippen LogP contribution in [0.1, 0.15) is 11.1 Å². The Hall–Kier alpha value is -5.08. The van der Waals surface area contributed by atoms with Crippen molar-refractivity contribution in [3.8, 4) is 33.4 Å². The van der Waals surface area contributed by atoms with E-state index in [1.54, 1.807) is 0 Å². The van der Waals surface area contributed by atoms with Gasteiger partial charge < -0.3 is 10.6 Å². The van der Waals surface area contributed by atoms with E-state index in [4.69, 9.17) is 0 Å². The van der Waals surface area contributed by atoms with Crippen LogP contribution in [-0.4, -0.2) is 0 Å². The van der Waals surface area contributed by atoms with Gasteiger partial charge in [-0.25, -0.2) is 0 Å². The van der Waals surface area contributed by atoms with Crippen LogP contribution in [-0.2, 0) is 0 Å². The number of hydrogen-bond acceptors (Lipinski definition) is 2. The van der Waals surface area contributed by atoms with Gasteiger partial charge in [0.25, 0.3) is 0 Å². The summed E-state index contributed by atoms with van der Waals surface area (Å²) in [5.74, 6) is 0. The third-order valence-corrected chi connectivity index (χ3v) is 7.13. The van der Waals surface area contributed by atoms with E-state index < -0.39 is 0 Å². The summed E-state index contributed by atoms with van der Waals surface area (Å²) in [5, 5.41) is 7.27. The molecule has 0 aromatic heterocycles. The fourth-order valence-electron chi connectivity index (χ4n) is 5.26. The summed E-state index contributed by atoms with van der Waals surface area (Å²) in [6.45, 7) is 4.24. The quantitative estimate of drug-likeness (QED) is 0.220. The van der Waals surface area contributed by atoms with Gasteiger partial charge in [-0.05, 0) is 95.3 Å². The smallest absolute Gasteiger partial charge is 0.0470 e. The molecule has 6 aromatic carbocycles. The van der Waals surface area contributed by atoms with Crippen molar-refractivity contribution in [1.82, 2.24) is 0 Å². The minimum absolute atomic E-state index is 1.07. The van der Waals surface area contributed by atoms with E-state index in [0.717, 1.165) is 22.7 Å². The number of anilines is 4. The predicted octanol–water partition coefficient (Wildman–Crippen LogP) is 10.8. The maximum atomic E-state index is 3.73. The van der Waals surface area contributed by atoms with Gasteiger partial charge in [0.2, 0.25) is 0 Å². The van der Waals surface area contributed by atoms with Gasteiger partial charge in [-0.15, -0.1) is 0 Å². The van der Waals surface area contributed by atoms with Crippen LogP contribution in [0.3, 0.4) is 0 Å². The van der Waals surface area contributed by atoms with Gasteiger partial charge in [-0.2, -0.15) is 0 Å². The lowest BCUT2D eigenvalue weighted by atomic mass is 9.86. The second kappa shape index (κ2) is 11.3. The van der Waals surface area contributed by atoms with Crippen LogP contribution in [0.15, 0.2) is 146 Å². The number of benzene rings is 6. The first-order valence-electron chi connectivity index (χ1n) is 13.7. The highest BCUT2D eigenvalue weighted by Crippen LogP contribution is 2.45. The third kappa shape index (κ3) is 5.52. The van der Waals surface area contributed by atoms with Crippen molar-refractivity contribution < 1.29 is 0 Å². The molecule has 0 amide bonds. The highest BCUT2D eigenvalue weighted by molar-refractivity contribution is 6.01. The van der Waals surface area contributed by atoms with E-state index in [1.807, 2.05) is 0 Å². The highest BCUT2D eigenvalue weighted by Gasteiger charge is 2.18. The fraction of sp³-hybridized carbons (Fsp3) is 0.0526. The van der Waals surface area contributed by atoms with Crippen LogP contribution >= 0.6 is 0 Å². The SMILES string of the molecule is Cc1cccc(Nc2ccc(-c3ccc(Nc4cccc(C)c4)c(-c4ccccc4)c3-c3ccccc3)cc2)c1. The van der Waals surface area contributed by atoms with Gasteiger partial charge in [-0.1, -0.05) is 103 Å². The minimum atomic E-state index is 1.07. The van der Waals surface area contributed by atoms with E-state index in [2.05, 4.69) is 170 Å². The lowest BCUT2D eigenvalue weighted by Crippen LogP contribution is -1.98. The molecule has 0 fully saturated rings. The molecule has 0 unspecified atom stereocenters. The van der Waals surface area contributed by atoms with Crippen LogP contribution in [0.2, 0.25) is 0 Å². The van der Waals surface area contributed by atoms with Crippen molar-refractivity contribution in [3.05, 3.63) is 157 Å². The predicted molar refractivity (Wildman–Crippen MR) is 172 cm³/mol. The summed E-state index contributed by atoms with van der Waals surface area (Å²) >= 11 is 0. The zero-order valence-corrected chi connectivity index (χ0v) is 22.9. The molecule has 0 saturated carbocycles. The Bertz CT molecular complexity index is 1740. The molecule has 0 radical (unpaired) electrons. The van der Waals surface area contributed by atoms with Crippen molar-refractivity contribution >= 4 is 22.7 Å². The molecule has 2 N–H and O–H groups in total. The lowest BCUT2D eigenvalue weighted by molar-refractivity contribution is 1.44. The van der Waals surface area contributed by atoms with E-state index >= 15 is 0 Å². The summed E-state index contributed by atoms with van der Waals surface area (Å²) in [6.07, 6.45) is 0. The van der Waals surface area contributed by atoms with Gasteiger partial charge in [-0.3, -0.25) is 0 Å². The van der Waals surface area contributed by atoms with E-state index in [-0.39, 0.29) is 0 Å². The van der Waals surface area contributed by atoms with Crippen LogP contribution in [0, 0.1) is 13.8 Å². The average molecular weight is 517 g/mol. The summed E-state index contributed by atoms with van der Waals surface area (Å²) in [7, 11) is 0. The first-order chi connectivity index (χ1) is 19.6. The molecule has 40 heavy (non-hydrogen) atoms. The maximum Gasteiger partial charge on any atom is 0.0470 e. The summed E-state index contributed by atoms with van der Waals surface area (Å²) in [4.78, 5) is 0. The standard InChI is InChI=1S/C38H32N2/c1-27-11-9-17-33(25-27)39-32-21-19-29(20-22-32)35-23-24-36(40-34-18-10-12-28(2)26-34)38(31-15-7-4-8-16-31)37(35)30-13-5-3-6-14-30/h3-26,39-40H,1-2H3. The normalized spacial score (nSPS) is 10.8. The summed E-state index contributed by atoms with van der Waals surface area (Å²) < 4.78 is 0. The number of hydrogen-bond donors (Lipinski definition) is 2. The minimum Gasteiger partial charge on any atom is -0.356 e. The van der Waals surface area contributed by atoms with Crippen molar-refractivity contribution in [3.63, 3.8) is 0 Å². The molecule has 6 aromatic rings. The Balaban J connectivity index is 1.49. The number of aryl methyl sites for hydroxylation is 2. The largest absolute Gasteiger partial charge is 0.356 e. The molecule has 6 rings (SSSR count). The molecular weight excluding hydrogens is 484 g/mol. The molecule has 0 saturated heterocycles. The highest BCUT2D eigenvalue weighted by atomic mass is 14.9. The Morgan fingerprint density at radius 2 is 0.925 bits per heavy atom. The Morgan fingerprint density at radius 1 is 0.375 bits per heavy atom. The topological polar surface area (TPSA) is 24.1 Å². The van der Waals surface area contributed by atoms with Crippen LogP contribution in [0.5, 0.6) is 0 Å². The fourth-order valence-corrected chi connectivity index (χ4v) is 5.26. The summed E-state index contributed by atoms with van der Waals surface area (Å²) in [5.41, 5.74) is 13.9. The molecule has 0 aliphatic rings. The van der Waals surface area contributed by atoms with E-state index in [9.17, 15) is 0 Å². The maximum absolute atomic E-state index is 3.73. The van der Waals surface area contributed by atoms with Crippen molar-refractivity contribution in [2.24, 2.45) is 0 Å². The molecule has 0 aliphatic heterocycles. The number of rotatable bonds is 7. The first-order valence-corrected chi connectivity index (χ1v) is 13.7.